The maximum atomic E-state index is 12.1. The van der Waals surface area contributed by atoms with Gasteiger partial charge in [0.2, 0.25) is 5.78 Å². The predicted octanol–water partition coefficient (Wildman–Crippen LogP) is 4.45. The van der Waals surface area contributed by atoms with Crippen molar-refractivity contribution in [1.29, 1.82) is 0 Å². The van der Waals surface area contributed by atoms with Gasteiger partial charge in [0.15, 0.2) is 18.1 Å². The first-order chi connectivity index (χ1) is 12.5. The molecule has 5 nitrogen and oxygen atoms in total. The molecule has 7 heteroatoms. The Balaban J connectivity index is 2.01. The van der Waals surface area contributed by atoms with Gasteiger partial charge in [-0.25, -0.2) is 4.79 Å². The lowest BCUT2D eigenvalue weighted by Crippen LogP contribution is -2.13. The van der Waals surface area contributed by atoms with Crippen LogP contribution in [0.25, 0.3) is 6.08 Å². The minimum atomic E-state index is -0.673. The zero-order valence-electron chi connectivity index (χ0n) is 14.1. The third kappa shape index (κ3) is 5.00. The Morgan fingerprint density at radius 2 is 1.85 bits per heavy atom. The standard InChI is InChI=1S/C19H16Cl2O5/c1-24-17-5-3-4-12(19(17)25-2)6-9-18(23)26-11-16(22)14-8-7-13(20)10-15(14)21/h3-10H,11H2,1-2H3. The molecule has 26 heavy (non-hydrogen) atoms. The van der Waals surface area contributed by atoms with Gasteiger partial charge in [-0.3, -0.25) is 4.79 Å². The highest BCUT2D eigenvalue weighted by atomic mass is 35.5. The number of esters is 1. The number of Topliss-reactive ketones (excluding diaryl/α,β-unsaturated/α-hetero) is 1. The van der Waals surface area contributed by atoms with Crippen LogP contribution in [0.2, 0.25) is 10.0 Å². The summed E-state index contributed by atoms with van der Waals surface area (Å²) in [6, 6.07) is 9.73. The molecular weight excluding hydrogens is 379 g/mol. The fourth-order valence-electron chi connectivity index (χ4n) is 2.18. The lowest BCUT2D eigenvalue weighted by molar-refractivity contribution is -0.136. The highest BCUT2D eigenvalue weighted by Gasteiger charge is 2.13. The highest BCUT2D eigenvalue weighted by molar-refractivity contribution is 6.36. The number of benzene rings is 2. The second-order valence-electron chi connectivity index (χ2n) is 5.07. The molecule has 0 unspecified atom stereocenters. The van der Waals surface area contributed by atoms with Crippen LogP contribution in [-0.4, -0.2) is 32.6 Å². The van der Waals surface area contributed by atoms with Gasteiger partial charge in [-0.2, -0.15) is 0 Å². The predicted molar refractivity (Wildman–Crippen MR) is 100 cm³/mol. The molecule has 0 heterocycles. The first-order valence-corrected chi connectivity index (χ1v) is 8.26. The summed E-state index contributed by atoms with van der Waals surface area (Å²) in [5, 5.41) is 0.619. The second-order valence-corrected chi connectivity index (χ2v) is 5.91. The van der Waals surface area contributed by atoms with Crippen molar-refractivity contribution < 1.29 is 23.8 Å². The molecule has 2 rings (SSSR count). The van der Waals surface area contributed by atoms with Gasteiger partial charge in [-0.1, -0.05) is 35.3 Å². The number of rotatable bonds is 7. The van der Waals surface area contributed by atoms with E-state index in [4.69, 9.17) is 37.4 Å². The summed E-state index contributed by atoms with van der Waals surface area (Å²) >= 11 is 11.7. The lowest BCUT2D eigenvalue weighted by Gasteiger charge is -2.09. The number of hydrogen-bond donors (Lipinski definition) is 0. The van der Waals surface area contributed by atoms with Gasteiger partial charge in [0, 0.05) is 22.2 Å². The van der Waals surface area contributed by atoms with Crippen molar-refractivity contribution in [1.82, 2.24) is 0 Å². The van der Waals surface area contributed by atoms with Crippen molar-refractivity contribution in [2.75, 3.05) is 20.8 Å². The van der Waals surface area contributed by atoms with E-state index in [1.54, 1.807) is 18.2 Å². The number of para-hydroxylation sites is 1. The van der Waals surface area contributed by atoms with E-state index in [-0.39, 0.29) is 10.6 Å². The molecule has 0 radical (unpaired) electrons. The third-order valence-corrected chi connectivity index (χ3v) is 3.96. The third-order valence-electron chi connectivity index (χ3n) is 3.41. The summed E-state index contributed by atoms with van der Waals surface area (Å²) < 4.78 is 15.4. The maximum Gasteiger partial charge on any atom is 0.331 e. The van der Waals surface area contributed by atoms with E-state index >= 15 is 0 Å². The van der Waals surface area contributed by atoms with Gasteiger partial charge in [0.25, 0.3) is 0 Å². The van der Waals surface area contributed by atoms with E-state index in [0.29, 0.717) is 22.1 Å². The van der Waals surface area contributed by atoms with E-state index in [1.165, 1.54) is 44.6 Å². The molecule has 0 aliphatic carbocycles. The Labute approximate surface area is 161 Å². The Morgan fingerprint density at radius 3 is 2.50 bits per heavy atom. The van der Waals surface area contributed by atoms with Crippen LogP contribution in [0.3, 0.4) is 0 Å². The van der Waals surface area contributed by atoms with Gasteiger partial charge >= 0.3 is 5.97 Å². The van der Waals surface area contributed by atoms with Crippen LogP contribution < -0.4 is 9.47 Å². The molecule has 0 atom stereocenters. The molecule has 2 aromatic carbocycles. The van der Waals surface area contributed by atoms with Crippen LogP contribution >= 0.6 is 23.2 Å². The smallest absolute Gasteiger partial charge is 0.331 e. The molecule has 0 fully saturated rings. The number of carbonyl (C=O) groups is 2. The molecular formula is C19H16Cl2O5. The molecule has 0 saturated heterocycles. The quantitative estimate of drug-likeness (QED) is 0.394. The second kappa shape index (κ2) is 9.27. The summed E-state index contributed by atoms with van der Waals surface area (Å²) in [5.74, 6) is -0.0701. The fourth-order valence-corrected chi connectivity index (χ4v) is 2.69. The van der Waals surface area contributed by atoms with E-state index in [2.05, 4.69) is 0 Å². The number of methoxy groups -OCH3 is 2. The SMILES string of the molecule is COc1cccc(C=CC(=O)OCC(=O)c2ccc(Cl)cc2Cl)c1OC. The first-order valence-electron chi connectivity index (χ1n) is 7.50. The average molecular weight is 395 g/mol. The van der Waals surface area contributed by atoms with Gasteiger partial charge in [-0.15, -0.1) is 0 Å². The topological polar surface area (TPSA) is 61.8 Å². The van der Waals surface area contributed by atoms with Crippen molar-refractivity contribution in [2.24, 2.45) is 0 Å². The number of halogens is 2. The molecule has 0 aromatic heterocycles. The number of ketones is 1. The van der Waals surface area contributed by atoms with E-state index < -0.39 is 18.4 Å². The van der Waals surface area contributed by atoms with Crippen LogP contribution in [0.1, 0.15) is 15.9 Å². The fraction of sp³-hybridized carbons (Fsp3) is 0.158. The number of hydrogen-bond acceptors (Lipinski definition) is 5. The summed E-state index contributed by atoms with van der Waals surface area (Å²) in [5.41, 5.74) is 0.873. The van der Waals surface area contributed by atoms with E-state index in [0.717, 1.165) is 0 Å². The number of ether oxygens (including phenoxy) is 3. The van der Waals surface area contributed by atoms with Crippen molar-refractivity contribution >= 4 is 41.0 Å². The Hall–Kier alpha value is -2.50. The van der Waals surface area contributed by atoms with Crippen LogP contribution in [-0.2, 0) is 9.53 Å². The van der Waals surface area contributed by atoms with E-state index in [9.17, 15) is 9.59 Å². The van der Waals surface area contributed by atoms with Crippen molar-refractivity contribution in [3.8, 4) is 11.5 Å². The normalized spacial score (nSPS) is 10.6. The highest BCUT2D eigenvalue weighted by Crippen LogP contribution is 2.31. The van der Waals surface area contributed by atoms with Crippen LogP contribution in [0.5, 0.6) is 11.5 Å². The minimum absolute atomic E-state index is 0.204. The largest absolute Gasteiger partial charge is 0.493 e. The van der Waals surface area contributed by atoms with Gasteiger partial charge in [0.1, 0.15) is 0 Å². The first kappa shape index (κ1) is 19.8. The summed E-state index contributed by atoms with van der Waals surface area (Å²) in [7, 11) is 3.02. The van der Waals surface area contributed by atoms with E-state index in [1.807, 2.05) is 0 Å². The summed E-state index contributed by atoms with van der Waals surface area (Å²) in [6.45, 7) is -0.431. The Bertz CT molecular complexity index is 846. The van der Waals surface area contributed by atoms with Crippen molar-refractivity contribution in [3.05, 3.63) is 63.6 Å². The Morgan fingerprint density at radius 1 is 1.08 bits per heavy atom. The van der Waals surface area contributed by atoms with Gasteiger partial charge < -0.3 is 14.2 Å². The molecule has 0 saturated carbocycles. The summed E-state index contributed by atoms with van der Waals surface area (Å²) in [4.78, 5) is 23.9. The Kier molecular flexibility index (Phi) is 7.06. The van der Waals surface area contributed by atoms with Crippen molar-refractivity contribution in [3.63, 3.8) is 0 Å². The molecule has 0 spiro atoms. The minimum Gasteiger partial charge on any atom is -0.493 e. The van der Waals surface area contributed by atoms with Crippen LogP contribution in [0.15, 0.2) is 42.5 Å². The molecule has 136 valence electrons. The number of carbonyl (C=O) groups excluding carboxylic acids is 2. The van der Waals surface area contributed by atoms with Crippen molar-refractivity contribution in [2.45, 2.75) is 0 Å². The zero-order chi connectivity index (χ0) is 19.1. The molecule has 0 aliphatic rings. The summed E-state index contributed by atoms with van der Waals surface area (Å²) in [6.07, 6.45) is 2.72. The van der Waals surface area contributed by atoms with Crippen LogP contribution in [0, 0.1) is 0 Å². The maximum absolute atomic E-state index is 12.1. The zero-order valence-corrected chi connectivity index (χ0v) is 15.6. The molecule has 0 amide bonds. The average Bonchev–Trinajstić information content (AvgIpc) is 2.63. The molecule has 0 N–H and O–H groups in total. The molecule has 2 aromatic rings. The monoisotopic (exact) mass is 394 g/mol. The molecule has 0 bridgehead atoms. The lowest BCUT2D eigenvalue weighted by atomic mass is 10.1. The van der Waals surface area contributed by atoms with Gasteiger partial charge in [-0.05, 0) is 30.3 Å². The van der Waals surface area contributed by atoms with Gasteiger partial charge in [0.05, 0.1) is 19.2 Å². The van der Waals surface area contributed by atoms with Crippen LogP contribution in [0.4, 0.5) is 0 Å². The molecule has 0 aliphatic heterocycles.